The molecule has 0 bridgehead atoms. The summed E-state index contributed by atoms with van der Waals surface area (Å²) in [5.41, 5.74) is 3.55. The lowest BCUT2D eigenvalue weighted by molar-refractivity contribution is 0.544. The lowest BCUT2D eigenvalue weighted by atomic mass is 9.92. The molecule has 2 aromatic rings. The van der Waals surface area contributed by atoms with Gasteiger partial charge in [-0.2, -0.15) is 5.10 Å². The maximum atomic E-state index is 11.6. The Kier molecular flexibility index (Phi) is 2.19. The monoisotopic (exact) mass is 219 g/mol. The van der Waals surface area contributed by atoms with Crippen molar-refractivity contribution in [1.82, 2.24) is 14.6 Å². The predicted octanol–water partition coefficient (Wildman–Crippen LogP) is 1.94. The summed E-state index contributed by atoms with van der Waals surface area (Å²) < 4.78 is 1.84. The summed E-state index contributed by atoms with van der Waals surface area (Å²) in [4.78, 5) is 14.5. The average Bonchev–Trinajstić information content (AvgIpc) is 2.42. The van der Waals surface area contributed by atoms with Crippen molar-refractivity contribution in [1.29, 1.82) is 0 Å². The molecule has 0 saturated heterocycles. The van der Waals surface area contributed by atoms with E-state index < -0.39 is 0 Å². The third-order valence-corrected chi connectivity index (χ3v) is 2.87. The zero-order valence-corrected chi connectivity index (χ0v) is 10.4. The minimum Gasteiger partial charge on any atom is -0.307 e. The first kappa shape index (κ1) is 10.9. The fourth-order valence-electron chi connectivity index (χ4n) is 1.80. The number of hydrogen-bond acceptors (Lipinski definition) is 2. The minimum atomic E-state index is -0.0998. The fourth-order valence-corrected chi connectivity index (χ4v) is 1.80. The topological polar surface area (TPSA) is 50.2 Å². The Bertz CT molecular complexity index is 599. The van der Waals surface area contributed by atoms with E-state index in [0.717, 1.165) is 22.6 Å². The van der Waals surface area contributed by atoms with E-state index in [4.69, 9.17) is 0 Å². The third-order valence-electron chi connectivity index (χ3n) is 2.87. The molecule has 16 heavy (non-hydrogen) atoms. The van der Waals surface area contributed by atoms with Crippen LogP contribution in [0.3, 0.4) is 0 Å². The van der Waals surface area contributed by atoms with Gasteiger partial charge >= 0.3 is 0 Å². The highest BCUT2D eigenvalue weighted by Crippen LogP contribution is 2.22. The highest BCUT2D eigenvalue weighted by molar-refractivity contribution is 5.49. The Hall–Kier alpha value is -1.58. The van der Waals surface area contributed by atoms with Gasteiger partial charge in [-0.05, 0) is 13.8 Å². The van der Waals surface area contributed by atoms with Crippen LogP contribution in [0.2, 0.25) is 0 Å². The predicted molar refractivity (Wildman–Crippen MR) is 64.0 cm³/mol. The van der Waals surface area contributed by atoms with Crippen molar-refractivity contribution in [2.24, 2.45) is 0 Å². The quantitative estimate of drug-likeness (QED) is 0.736. The van der Waals surface area contributed by atoms with Gasteiger partial charge in [-0.15, -0.1) is 0 Å². The van der Waals surface area contributed by atoms with Crippen LogP contribution in [0.25, 0.3) is 5.65 Å². The number of aromatic nitrogens is 3. The molecule has 0 aliphatic carbocycles. The molecule has 0 aliphatic rings. The summed E-state index contributed by atoms with van der Waals surface area (Å²) in [5.74, 6) is 0. The van der Waals surface area contributed by atoms with Crippen molar-refractivity contribution >= 4 is 5.65 Å². The number of H-pyrrole nitrogens is 1. The van der Waals surface area contributed by atoms with E-state index in [-0.39, 0.29) is 11.0 Å². The molecule has 1 N–H and O–H groups in total. The first-order valence-corrected chi connectivity index (χ1v) is 5.40. The number of aromatic amines is 1. The number of nitrogens with zero attached hydrogens (tertiary/aromatic N) is 2. The van der Waals surface area contributed by atoms with E-state index in [1.54, 1.807) is 6.07 Å². The van der Waals surface area contributed by atoms with E-state index in [1.807, 2.05) is 18.4 Å². The van der Waals surface area contributed by atoms with Gasteiger partial charge in [-0.3, -0.25) is 4.79 Å². The van der Waals surface area contributed by atoms with Crippen LogP contribution in [0, 0.1) is 13.8 Å². The Morgan fingerprint density at radius 2 is 1.94 bits per heavy atom. The van der Waals surface area contributed by atoms with Gasteiger partial charge < -0.3 is 4.98 Å². The number of rotatable bonds is 0. The summed E-state index contributed by atoms with van der Waals surface area (Å²) in [6.45, 7) is 10.2. The highest BCUT2D eigenvalue weighted by atomic mass is 16.1. The molecule has 2 rings (SSSR count). The van der Waals surface area contributed by atoms with E-state index in [1.165, 1.54) is 0 Å². The molecule has 0 fully saturated rings. The van der Waals surface area contributed by atoms with Gasteiger partial charge in [0.1, 0.15) is 5.65 Å². The molecular formula is C12H17N3O. The molecule has 0 unspecified atom stereocenters. The van der Waals surface area contributed by atoms with Gasteiger partial charge in [0.15, 0.2) is 0 Å². The summed E-state index contributed by atoms with van der Waals surface area (Å²) in [6, 6.07) is 1.62. The Balaban J connectivity index is 2.95. The van der Waals surface area contributed by atoms with Gasteiger partial charge in [0, 0.05) is 17.0 Å². The van der Waals surface area contributed by atoms with Crippen LogP contribution < -0.4 is 5.56 Å². The van der Waals surface area contributed by atoms with Crippen molar-refractivity contribution < 1.29 is 0 Å². The van der Waals surface area contributed by atoms with Crippen LogP contribution >= 0.6 is 0 Å². The molecule has 4 heteroatoms. The number of hydrogen-bond donors (Lipinski definition) is 1. The molecule has 4 nitrogen and oxygen atoms in total. The third kappa shape index (κ3) is 1.54. The second-order valence-corrected chi connectivity index (χ2v) is 5.24. The van der Waals surface area contributed by atoms with Crippen LogP contribution in [-0.4, -0.2) is 14.6 Å². The van der Waals surface area contributed by atoms with Crippen molar-refractivity contribution in [3.05, 3.63) is 33.4 Å². The zero-order valence-electron chi connectivity index (χ0n) is 10.4. The van der Waals surface area contributed by atoms with Gasteiger partial charge in [0.2, 0.25) is 0 Å². The molecule has 0 saturated carbocycles. The molecule has 0 atom stereocenters. The molecule has 2 heterocycles. The fraction of sp³-hybridized carbons (Fsp3) is 0.500. The summed E-state index contributed by atoms with van der Waals surface area (Å²) in [5, 5.41) is 4.47. The van der Waals surface area contributed by atoms with Crippen molar-refractivity contribution in [3.63, 3.8) is 0 Å². The van der Waals surface area contributed by atoms with E-state index >= 15 is 0 Å². The average molecular weight is 219 g/mol. The van der Waals surface area contributed by atoms with Crippen molar-refractivity contribution in [2.75, 3.05) is 0 Å². The second kappa shape index (κ2) is 3.20. The Labute approximate surface area is 94.3 Å². The molecule has 0 amide bonds. The summed E-state index contributed by atoms with van der Waals surface area (Å²) in [7, 11) is 0. The van der Waals surface area contributed by atoms with Crippen molar-refractivity contribution in [3.8, 4) is 0 Å². The van der Waals surface area contributed by atoms with Gasteiger partial charge in [0.25, 0.3) is 5.56 Å². The standard InChI is InChI=1S/C12H17N3O/c1-7-8(2)14-15-9(12(3,4)5)6-10(16)13-11(7)15/h6H,1-5H3,(H,13,16). The second-order valence-electron chi connectivity index (χ2n) is 5.24. The smallest absolute Gasteiger partial charge is 0.251 e. The molecule has 2 aromatic heterocycles. The molecular weight excluding hydrogens is 202 g/mol. The van der Waals surface area contributed by atoms with Gasteiger partial charge in [0.05, 0.1) is 11.4 Å². The maximum absolute atomic E-state index is 11.6. The normalized spacial score (nSPS) is 12.3. The Morgan fingerprint density at radius 3 is 2.50 bits per heavy atom. The van der Waals surface area contributed by atoms with Gasteiger partial charge in [-0.1, -0.05) is 20.8 Å². The number of aryl methyl sites for hydroxylation is 2. The zero-order chi connectivity index (χ0) is 12.1. The number of nitrogens with one attached hydrogen (secondary N) is 1. The van der Waals surface area contributed by atoms with Crippen LogP contribution in [0.5, 0.6) is 0 Å². The van der Waals surface area contributed by atoms with Crippen LogP contribution in [0.15, 0.2) is 10.9 Å². The lowest BCUT2D eigenvalue weighted by Gasteiger charge is -2.19. The minimum absolute atomic E-state index is 0.0691. The SMILES string of the molecule is Cc1nn2c(C(C)(C)C)cc(=O)[nH]c2c1C. The molecule has 86 valence electrons. The largest absolute Gasteiger partial charge is 0.307 e. The summed E-state index contributed by atoms with van der Waals surface area (Å²) >= 11 is 0. The maximum Gasteiger partial charge on any atom is 0.251 e. The number of fused-ring (bicyclic) bond motifs is 1. The van der Waals surface area contributed by atoms with Gasteiger partial charge in [-0.25, -0.2) is 4.52 Å². The van der Waals surface area contributed by atoms with Crippen molar-refractivity contribution in [2.45, 2.75) is 40.0 Å². The molecule has 0 radical (unpaired) electrons. The van der Waals surface area contributed by atoms with Crippen LogP contribution in [0.4, 0.5) is 0 Å². The van der Waals surface area contributed by atoms with E-state index in [0.29, 0.717) is 0 Å². The summed E-state index contributed by atoms with van der Waals surface area (Å²) in [6.07, 6.45) is 0. The molecule has 0 aliphatic heterocycles. The van der Waals surface area contributed by atoms with E-state index in [2.05, 4.69) is 30.9 Å². The highest BCUT2D eigenvalue weighted by Gasteiger charge is 2.20. The first-order valence-electron chi connectivity index (χ1n) is 5.40. The first-order chi connectivity index (χ1) is 7.30. The van der Waals surface area contributed by atoms with E-state index in [9.17, 15) is 4.79 Å². The Morgan fingerprint density at radius 1 is 1.31 bits per heavy atom. The van der Waals surface area contributed by atoms with Crippen LogP contribution in [0.1, 0.15) is 37.7 Å². The van der Waals surface area contributed by atoms with Crippen LogP contribution in [-0.2, 0) is 5.41 Å². The lowest BCUT2D eigenvalue weighted by Crippen LogP contribution is -2.22. The molecule has 0 aromatic carbocycles. The molecule has 0 spiro atoms.